The van der Waals surface area contributed by atoms with Crippen molar-refractivity contribution in [3.05, 3.63) is 11.7 Å². The molecular formula is C10H17N3O3. The maximum absolute atomic E-state index is 5.35. The average molecular weight is 227 g/mol. The van der Waals surface area contributed by atoms with E-state index in [1.165, 1.54) is 0 Å². The van der Waals surface area contributed by atoms with Gasteiger partial charge in [0, 0.05) is 25.6 Å². The summed E-state index contributed by atoms with van der Waals surface area (Å²) >= 11 is 0. The number of rotatable bonds is 5. The first-order valence-corrected chi connectivity index (χ1v) is 5.59. The third-order valence-electron chi connectivity index (χ3n) is 2.36. The highest BCUT2D eigenvalue weighted by molar-refractivity contribution is 4.89. The fourth-order valence-corrected chi connectivity index (χ4v) is 1.59. The van der Waals surface area contributed by atoms with E-state index < -0.39 is 0 Å². The van der Waals surface area contributed by atoms with E-state index in [-0.39, 0.29) is 6.04 Å². The SMILES string of the molecule is CCOCc1noc(CC2COCCN2)n1. The van der Waals surface area contributed by atoms with Gasteiger partial charge in [0.05, 0.1) is 13.2 Å². The fourth-order valence-electron chi connectivity index (χ4n) is 1.59. The molecule has 0 saturated carbocycles. The largest absolute Gasteiger partial charge is 0.378 e. The van der Waals surface area contributed by atoms with Crippen LogP contribution >= 0.6 is 0 Å². The lowest BCUT2D eigenvalue weighted by atomic mass is 10.2. The van der Waals surface area contributed by atoms with Gasteiger partial charge in [-0.3, -0.25) is 0 Å². The van der Waals surface area contributed by atoms with E-state index in [1.54, 1.807) is 0 Å². The topological polar surface area (TPSA) is 69.4 Å². The van der Waals surface area contributed by atoms with Crippen molar-refractivity contribution >= 4 is 0 Å². The third kappa shape index (κ3) is 3.26. The summed E-state index contributed by atoms with van der Waals surface area (Å²) in [5, 5.41) is 7.18. The molecule has 1 unspecified atom stereocenters. The molecule has 6 heteroatoms. The van der Waals surface area contributed by atoms with E-state index in [0.717, 1.165) is 13.2 Å². The van der Waals surface area contributed by atoms with Crippen molar-refractivity contribution in [1.29, 1.82) is 0 Å². The lowest BCUT2D eigenvalue weighted by Gasteiger charge is -2.22. The Kier molecular flexibility index (Phi) is 4.26. The van der Waals surface area contributed by atoms with Crippen LogP contribution in [0.2, 0.25) is 0 Å². The standard InChI is InChI=1S/C10H17N3O3/c1-2-14-7-9-12-10(16-13-9)5-8-6-15-4-3-11-8/h8,11H,2-7H2,1H3. The lowest BCUT2D eigenvalue weighted by Crippen LogP contribution is -2.42. The lowest BCUT2D eigenvalue weighted by molar-refractivity contribution is 0.0744. The quantitative estimate of drug-likeness (QED) is 0.771. The fraction of sp³-hybridized carbons (Fsp3) is 0.800. The van der Waals surface area contributed by atoms with E-state index in [9.17, 15) is 0 Å². The molecule has 1 aromatic heterocycles. The van der Waals surface area contributed by atoms with Crippen LogP contribution in [0.3, 0.4) is 0 Å². The minimum atomic E-state index is 0.272. The summed E-state index contributed by atoms with van der Waals surface area (Å²) in [6, 6.07) is 0.272. The van der Waals surface area contributed by atoms with E-state index in [4.69, 9.17) is 14.0 Å². The van der Waals surface area contributed by atoms with Gasteiger partial charge < -0.3 is 19.3 Å². The molecule has 0 aromatic carbocycles. The molecule has 1 saturated heterocycles. The van der Waals surface area contributed by atoms with Crippen LogP contribution in [0, 0.1) is 0 Å². The Labute approximate surface area is 94.3 Å². The summed E-state index contributed by atoms with van der Waals surface area (Å²) in [6.45, 7) is 5.35. The number of nitrogens with one attached hydrogen (secondary N) is 1. The molecular weight excluding hydrogens is 210 g/mol. The highest BCUT2D eigenvalue weighted by atomic mass is 16.5. The van der Waals surface area contributed by atoms with Gasteiger partial charge in [0.1, 0.15) is 6.61 Å². The molecule has 2 rings (SSSR count). The molecule has 1 aliphatic rings. The number of hydrogen-bond donors (Lipinski definition) is 1. The van der Waals surface area contributed by atoms with Crippen molar-refractivity contribution in [2.24, 2.45) is 0 Å². The zero-order valence-electron chi connectivity index (χ0n) is 9.44. The van der Waals surface area contributed by atoms with Crippen molar-refractivity contribution in [2.75, 3.05) is 26.4 Å². The van der Waals surface area contributed by atoms with Crippen LogP contribution < -0.4 is 5.32 Å². The van der Waals surface area contributed by atoms with Crippen molar-refractivity contribution < 1.29 is 14.0 Å². The van der Waals surface area contributed by atoms with E-state index >= 15 is 0 Å². The normalized spacial score (nSPS) is 21.2. The molecule has 2 heterocycles. The zero-order valence-corrected chi connectivity index (χ0v) is 9.44. The number of aromatic nitrogens is 2. The van der Waals surface area contributed by atoms with Crippen LogP contribution in [-0.2, 0) is 22.5 Å². The molecule has 0 amide bonds. The Bertz CT molecular complexity index is 310. The van der Waals surface area contributed by atoms with Gasteiger partial charge in [-0.1, -0.05) is 5.16 Å². The molecule has 0 radical (unpaired) electrons. The van der Waals surface area contributed by atoms with Gasteiger partial charge in [-0.05, 0) is 6.92 Å². The van der Waals surface area contributed by atoms with E-state index in [2.05, 4.69) is 15.5 Å². The Morgan fingerprint density at radius 3 is 3.25 bits per heavy atom. The molecule has 1 fully saturated rings. The van der Waals surface area contributed by atoms with Gasteiger partial charge in [-0.25, -0.2) is 0 Å². The van der Waals surface area contributed by atoms with Crippen LogP contribution in [-0.4, -0.2) is 42.5 Å². The van der Waals surface area contributed by atoms with Crippen molar-refractivity contribution in [1.82, 2.24) is 15.5 Å². The van der Waals surface area contributed by atoms with Gasteiger partial charge in [0.25, 0.3) is 0 Å². The Balaban J connectivity index is 1.81. The smallest absolute Gasteiger partial charge is 0.228 e. The second-order valence-electron chi connectivity index (χ2n) is 3.67. The third-order valence-corrected chi connectivity index (χ3v) is 2.36. The summed E-state index contributed by atoms with van der Waals surface area (Å²) in [4.78, 5) is 4.24. The summed E-state index contributed by atoms with van der Waals surface area (Å²) in [6.07, 6.45) is 0.707. The van der Waals surface area contributed by atoms with Crippen molar-refractivity contribution in [3.63, 3.8) is 0 Å². The van der Waals surface area contributed by atoms with Crippen LogP contribution in [0.1, 0.15) is 18.6 Å². The second-order valence-corrected chi connectivity index (χ2v) is 3.67. The number of ether oxygens (including phenoxy) is 2. The Hall–Kier alpha value is -0.980. The Morgan fingerprint density at radius 1 is 1.56 bits per heavy atom. The summed E-state index contributed by atoms with van der Waals surface area (Å²) in [7, 11) is 0. The number of morpholine rings is 1. The average Bonchev–Trinajstić information content (AvgIpc) is 2.75. The van der Waals surface area contributed by atoms with E-state index in [0.29, 0.717) is 38.0 Å². The first kappa shape index (κ1) is 11.5. The first-order valence-electron chi connectivity index (χ1n) is 5.59. The maximum atomic E-state index is 5.35. The van der Waals surface area contributed by atoms with Gasteiger partial charge >= 0.3 is 0 Å². The highest BCUT2D eigenvalue weighted by Crippen LogP contribution is 2.05. The summed E-state index contributed by atoms with van der Waals surface area (Å²) in [5.41, 5.74) is 0. The number of nitrogens with zero attached hydrogens (tertiary/aromatic N) is 2. The van der Waals surface area contributed by atoms with Gasteiger partial charge in [0.2, 0.25) is 5.89 Å². The summed E-state index contributed by atoms with van der Waals surface area (Å²) in [5.74, 6) is 1.24. The minimum Gasteiger partial charge on any atom is -0.378 e. The zero-order chi connectivity index (χ0) is 11.2. The predicted molar refractivity (Wildman–Crippen MR) is 55.9 cm³/mol. The van der Waals surface area contributed by atoms with E-state index in [1.807, 2.05) is 6.92 Å². The van der Waals surface area contributed by atoms with Crippen molar-refractivity contribution in [3.8, 4) is 0 Å². The molecule has 1 aliphatic heterocycles. The van der Waals surface area contributed by atoms with Crippen molar-refractivity contribution in [2.45, 2.75) is 26.0 Å². The maximum Gasteiger partial charge on any atom is 0.228 e. The molecule has 1 aromatic rings. The van der Waals surface area contributed by atoms with Gasteiger partial charge in [0.15, 0.2) is 5.82 Å². The molecule has 0 bridgehead atoms. The van der Waals surface area contributed by atoms with Crippen LogP contribution in [0.4, 0.5) is 0 Å². The van der Waals surface area contributed by atoms with Crippen LogP contribution in [0.15, 0.2) is 4.52 Å². The molecule has 1 N–H and O–H groups in total. The minimum absolute atomic E-state index is 0.272. The number of hydrogen-bond acceptors (Lipinski definition) is 6. The molecule has 16 heavy (non-hydrogen) atoms. The highest BCUT2D eigenvalue weighted by Gasteiger charge is 2.17. The monoisotopic (exact) mass is 227 g/mol. The molecule has 6 nitrogen and oxygen atoms in total. The predicted octanol–water partition coefficient (Wildman–Crippen LogP) is 0.137. The molecule has 0 aliphatic carbocycles. The van der Waals surface area contributed by atoms with Gasteiger partial charge in [-0.2, -0.15) is 4.98 Å². The molecule has 1 atom stereocenters. The van der Waals surface area contributed by atoms with Crippen LogP contribution in [0.5, 0.6) is 0 Å². The van der Waals surface area contributed by atoms with Gasteiger partial charge in [-0.15, -0.1) is 0 Å². The second kappa shape index (κ2) is 5.93. The first-order chi connectivity index (χ1) is 7.88. The Morgan fingerprint density at radius 2 is 2.50 bits per heavy atom. The molecule has 0 spiro atoms. The summed E-state index contributed by atoms with van der Waals surface area (Å²) < 4.78 is 15.7. The van der Waals surface area contributed by atoms with Crippen LogP contribution in [0.25, 0.3) is 0 Å². The molecule has 90 valence electrons.